The Morgan fingerprint density at radius 3 is 2.57 bits per heavy atom. The maximum absolute atomic E-state index is 12.6. The van der Waals surface area contributed by atoms with Gasteiger partial charge in [0.1, 0.15) is 10.6 Å². The number of amides is 1. The molecule has 1 heterocycles. The minimum atomic E-state index is -4.66. The van der Waals surface area contributed by atoms with Crippen molar-refractivity contribution in [2.75, 3.05) is 5.01 Å². The highest BCUT2D eigenvalue weighted by molar-refractivity contribution is 7.86. The molecule has 0 saturated carbocycles. The van der Waals surface area contributed by atoms with Gasteiger partial charge in [-0.05, 0) is 36.7 Å². The van der Waals surface area contributed by atoms with E-state index in [4.69, 9.17) is 5.53 Å². The number of azide groups is 1. The Morgan fingerprint density at radius 2 is 1.93 bits per heavy atom. The van der Waals surface area contributed by atoms with Crippen LogP contribution in [0.5, 0.6) is 0 Å². The van der Waals surface area contributed by atoms with Crippen molar-refractivity contribution in [3.63, 3.8) is 0 Å². The molecular weight excluding hydrogens is 386 g/mol. The zero-order valence-corrected chi connectivity index (χ0v) is 15.2. The number of para-hydroxylation sites is 1. The van der Waals surface area contributed by atoms with Gasteiger partial charge >= 0.3 is 0 Å². The molecule has 142 valence electrons. The summed E-state index contributed by atoms with van der Waals surface area (Å²) < 4.78 is 32.6. The number of hydrazone groups is 1. The van der Waals surface area contributed by atoms with Crippen LogP contribution in [0.4, 0.5) is 17.1 Å². The minimum absolute atomic E-state index is 0.0287. The Hall–Kier alpha value is -3.60. The molecule has 0 saturated heterocycles. The van der Waals surface area contributed by atoms with E-state index in [1.165, 1.54) is 17.1 Å². The molecule has 1 amide bonds. The molecule has 12 heteroatoms. The molecule has 1 N–H and O–H groups in total. The molecule has 1 unspecified atom stereocenters. The highest BCUT2D eigenvalue weighted by Gasteiger charge is 2.34. The number of anilines is 1. The molecule has 2 aromatic rings. The van der Waals surface area contributed by atoms with E-state index < -0.39 is 27.0 Å². The molecule has 1 aliphatic rings. The summed E-state index contributed by atoms with van der Waals surface area (Å²) in [5.41, 5.74) is 9.15. The lowest BCUT2D eigenvalue weighted by molar-refractivity contribution is -0.117. The van der Waals surface area contributed by atoms with Crippen LogP contribution < -0.4 is 5.01 Å². The highest BCUT2D eigenvalue weighted by atomic mass is 32.2. The zero-order valence-electron chi connectivity index (χ0n) is 14.4. The second kappa shape index (κ2) is 7.56. The lowest BCUT2D eigenvalue weighted by atomic mass is 10.2. The third kappa shape index (κ3) is 3.88. The van der Waals surface area contributed by atoms with Crippen LogP contribution in [-0.2, 0) is 14.9 Å². The van der Waals surface area contributed by atoms with Gasteiger partial charge in [0.2, 0.25) is 0 Å². The maximum atomic E-state index is 12.6. The average molecular weight is 399 g/mol. The fraction of sp³-hybridized carbons (Fsp3) is 0.125. The van der Waals surface area contributed by atoms with Crippen LogP contribution in [0, 0.1) is 0 Å². The van der Waals surface area contributed by atoms with Crippen LogP contribution >= 0.6 is 0 Å². The van der Waals surface area contributed by atoms with Gasteiger partial charge in [0.15, 0.2) is 6.04 Å². The second-order valence-electron chi connectivity index (χ2n) is 5.66. The van der Waals surface area contributed by atoms with Crippen molar-refractivity contribution >= 4 is 38.8 Å². The van der Waals surface area contributed by atoms with Gasteiger partial charge in [-0.1, -0.05) is 29.4 Å². The Balaban J connectivity index is 1.93. The predicted molar refractivity (Wildman–Crippen MR) is 100 cm³/mol. The number of hydrogen-bond acceptors (Lipinski definition) is 7. The largest absolute Gasteiger partial charge is 0.296 e. The molecule has 0 radical (unpaired) electrons. The molecule has 0 aliphatic carbocycles. The van der Waals surface area contributed by atoms with E-state index in [9.17, 15) is 17.8 Å². The lowest BCUT2D eigenvalue weighted by Gasteiger charge is -2.11. The average Bonchev–Trinajstić information content (AvgIpc) is 2.95. The Bertz CT molecular complexity index is 1140. The molecule has 0 spiro atoms. The summed E-state index contributed by atoms with van der Waals surface area (Å²) in [5, 5.41) is 16.3. The molecule has 1 atom stereocenters. The lowest BCUT2D eigenvalue weighted by Crippen LogP contribution is -2.29. The van der Waals surface area contributed by atoms with Crippen molar-refractivity contribution in [3.05, 3.63) is 59.0 Å². The smallest absolute Gasteiger partial charge is 0.282 e. The van der Waals surface area contributed by atoms with Gasteiger partial charge in [-0.25, -0.2) is 0 Å². The summed E-state index contributed by atoms with van der Waals surface area (Å²) >= 11 is 0. The van der Waals surface area contributed by atoms with Crippen LogP contribution in [0.3, 0.4) is 0 Å². The molecular formula is C16H13N7O4S. The first kappa shape index (κ1) is 19.2. The second-order valence-corrected chi connectivity index (χ2v) is 7.05. The van der Waals surface area contributed by atoms with Crippen LogP contribution in [0.1, 0.15) is 6.92 Å². The van der Waals surface area contributed by atoms with E-state index >= 15 is 0 Å². The van der Waals surface area contributed by atoms with Crippen LogP contribution in [0.2, 0.25) is 0 Å². The van der Waals surface area contributed by atoms with Crippen molar-refractivity contribution < 1.29 is 17.8 Å². The summed E-state index contributed by atoms with van der Waals surface area (Å²) in [6.07, 6.45) is 0. The van der Waals surface area contributed by atoms with E-state index in [1.54, 1.807) is 37.3 Å². The molecule has 3 rings (SSSR count). The molecule has 0 fully saturated rings. The number of carbonyl (C=O) groups is 1. The topological polar surface area (TPSA) is 161 Å². The first-order valence-corrected chi connectivity index (χ1v) is 9.27. The summed E-state index contributed by atoms with van der Waals surface area (Å²) in [6, 6.07) is 11.2. The number of carbonyl (C=O) groups excluding carboxylic acids is 1. The Labute approximate surface area is 159 Å². The summed E-state index contributed by atoms with van der Waals surface area (Å²) in [6.45, 7) is 1.60. The third-order valence-electron chi connectivity index (χ3n) is 3.76. The summed E-state index contributed by atoms with van der Waals surface area (Å²) in [4.78, 5) is 14.6. The van der Waals surface area contributed by atoms with Gasteiger partial charge in [0.25, 0.3) is 16.0 Å². The van der Waals surface area contributed by atoms with E-state index in [0.29, 0.717) is 11.4 Å². The van der Waals surface area contributed by atoms with Crippen molar-refractivity contribution in [2.45, 2.75) is 17.9 Å². The van der Waals surface area contributed by atoms with Crippen molar-refractivity contribution in [1.29, 1.82) is 0 Å². The molecule has 28 heavy (non-hydrogen) atoms. The van der Waals surface area contributed by atoms with Gasteiger partial charge < -0.3 is 0 Å². The molecule has 1 aliphatic heterocycles. The molecule has 11 nitrogen and oxygen atoms in total. The van der Waals surface area contributed by atoms with Crippen molar-refractivity contribution in [1.82, 2.24) is 0 Å². The van der Waals surface area contributed by atoms with Gasteiger partial charge in [-0.3, -0.25) is 9.35 Å². The molecule has 0 bridgehead atoms. The number of rotatable bonds is 5. The number of hydrogen-bond donors (Lipinski definition) is 1. The zero-order chi connectivity index (χ0) is 20.3. The van der Waals surface area contributed by atoms with E-state index in [-0.39, 0.29) is 11.4 Å². The summed E-state index contributed by atoms with van der Waals surface area (Å²) in [7, 11) is -4.66. The van der Waals surface area contributed by atoms with Gasteiger partial charge in [-0.2, -0.15) is 28.8 Å². The first-order valence-electron chi connectivity index (χ1n) is 7.83. The molecule has 0 aromatic heterocycles. The van der Waals surface area contributed by atoms with E-state index in [2.05, 4.69) is 25.4 Å². The van der Waals surface area contributed by atoms with Gasteiger partial charge in [-0.15, -0.1) is 0 Å². The standard InChI is InChI=1S/C16H13N7O4S/c1-10-15(16(24)23(21-10)12-5-3-2-4-6-12)20-19-13-8-7-11(18-22-17)9-14(13)28(25,26)27/h2-9,15H,1H3,(H,25,26,27). The number of azo groups is 1. The Morgan fingerprint density at radius 1 is 1.21 bits per heavy atom. The van der Waals surface area contributed by atoms with Crippen molar-refractivity contribution in [3.8, 4) is 0 Å². The monoisotopic (exact) mass is 399 g/mol. The number of nitrogens with zero attached hydrogens (tertiary/aromatic N) is 7. The van der Waals surface area contributed by atoms with Crippen molar-refractivity contribution in [2.24, 2.45) is 20.4 Å². The van der Waals surface area contributed by atoms with Crippen LogP contribution in [0.25, 0.3) is 10.4 Å². The van der Waals surface area contributed by atoms with Gasteiger partial charge in [0, 0.05) is 10.6 Å². The maximum Gasteiger partial charge on any atom is 0.296 e. The quantitative estimate of drug-likeness (QED) is 0.351. The SMILES string of the molecule is CC1=NN(c2ccccc2)C(=O)C1N=Nc1ccc(N=[N+]=[N-])cc1S(=O)(=O)O. The number of benzene rings is 2. The summed E-state index contributed by atoms with van der Waals surface area (Å²) in [5.74, 6) is -0.452. The fourth-order valence-corrected chi connectivity index (χ4v) is 3.11. The fourth-order valence-electron chi connectivity index (χ4n) is 2.47. The van der Waals surface area contributed by atoms with Crippen LogP contribution in [-0.4, -0.2) is 30.6 Å². The minimum Gasteiger partial charge on any atom is -0.282 e. The van der Waals surface area contributed by atoms with Crippen LogP contribution in [0.15, 0.2) is 73.9 Å². The first-order chi connectivity index (χ1) is 13.3. The van der Waals surface area contributed by atoms with E-state index in [0.717, 1.165) is 6.07 Å². The highest BCUT2D eigenvalue weighted by Crippen LogP contribution is 2.30. The van der Waals surface area contributed by atoms with Gasteiger partial charge in [0.05, 0.1) is 11.4 Å². The third-order valence-corrected chi connectivity index (χ3v) is 4.64. The van der Waals surface area contributed by atoms with E-state index in [1.807, 2.05) is 0 Å². The normalized spacial score (nSPS) is 16.9. The molecule has 2 aromatic carbocycles. The predicted octanol–water partition coefficient (Wildman–Crippen LogP) is 3.75. The Kier molecular flexibility index (Phi) is 5.18.